The van der Waals surface area contributed by atoms with Crippen LogP contribution >= 0.6 is 0 Å². The lowest BCUT2D eigenvalue weighted by atomic mass is 9.89. The van der Waals surface area contributed by atoms with E-state index >= 15 is 0 Å². The van der Waals surface area contributed by atoms with Gasteiger partial charge in [-0.15, -0.1) is 0 Å². The second-order valence-corrected chi connectivity index (χ2v) is 9.10. The molecular weight excluding hydrogens is 398 g/mol. The number of nitrogens with zero attached hydrogens (tertiary/aromatic N) is 1. The van der Waals surface area contributed by atoms with Crippen molar-refractivity contribution in [3.8, 4) is 0 Å². The summed E-state index contributed by atoms with van der Waals surface area (Å²) in [6, 6.07) is 0. The van der Waals surface area contributed by atoms with Crippen LogP contribution in [0, 0.1) is 11.8 Å². The third-order valence-electron chi connectivity index (χ3n) is 5.47. The van der Waals surface area contributed by atoms with Crippen molar-refractivity contribution in [3.05, 3.63) is 35.4 Å². The maximum Gasteiger partial charge on any atom is 0.224 e. The Kier molecular flexibility index (Phi) is 13.3. The molecule has 1 heterocycles. The number of piperidine rings is 1. The monoisotopic (exact) mass is 437 g/mol. The molecule has 2 amide bonds. The molecule has 2 unspecified atom stereocenters. The number of carbonyl (C=O) groups is 2. The fourth-order valence-corrected chi connectivity index (χ4v) is 5.02. The van der Waals surface area contributed by atoms with Gasteiger partial charge in [-0.25, -0.2) is 8.51 Å². The van der Waals surface area contributed by atoms with Gasteiger partial charge in [0.25, 0.3) is 0 Å². The van der Waals surface area contributed by atoms with E-state index in [0.717, 1.165) is 19.4 Å². The van der Waals surface area contributed by atoms with Gasteiger partial charge in [-0.05, 0) is 50.7 Å². The number of hydrogen-bond donors (Lipinski definition) is 2. The number of allylic oxidation sites excluding steroid dienone is 4. The number of hydrogen-bond acceptors (Lipinski definition) is 3. The molecule has 2 N–H and O–H groups in total. The van der Waals surface area contributed by atoms with Crippen molar-refractivity contribution in [1.29, 1.82) is 0 Å². The first-order valence-electron chi connectivity index (χ1n) is 11.2. The van der Waals surface area contributed by atoms with Gasteiger partial charge in [-0.1, -0.05) is 45.8 Å². The Hall–Kier alpha value is -1.73. The van der Waals surface area contributed by atoms with Crippen LogP contribution < -0.4 is 10.6 Å². The average Bonchev–Trinajstić information content (AvgIpc) is 2.80. The quantitative estimate of drug-likeness (QED) is 0.425. The van der Waals surface area contributed by atoms with Crippen LogP contribution in [0.25, 0.3) is 0 Å². The topological polar surface area (TPSA) is 78.5 Å². The molecule has 2 aliphatic rings. The molecule has 1 saturated carbocycles. The highest BCUT2D eigenvalue weighted by molar-refractivity contribution is 7.86. The van der Waals surface area contributed by atoms with Crippen molar-refractivity contribution in [2.45, 2.75) is 65.7 Å². The van der Waals surface area contributed by atoms with E-state index in [-0.39, 0.29) is 11.8 Å². The van der Waals surface area contributed by atoms with E-state index in [1.807, 2.05) is 18.2 Å². The predicted molar refractivity (Wildman–Crippen MR) is 125 cm³/mol. The molecular formula is C23H39N3O3S. The first-order valence-corrected chi connectivity index (χ1v) is 12.3. The normalized spacial score (nSPS) is 22.3. The van der Waals surface area contributed by atoms with E-state index in [4.69, 9.17) is 0 Å². The molecule has 2 atom stereocenters. The Bertz CT molecular complexity index is 640. The van der Waals surface area contributed by atoms with Crippen molar-refractivity contribution >= 4 is 23.3 Å². The van der Waals surface area contributed by atoms with Crippen LogP contribution in [-0.4, -0.2) is 40.5 Å². The molecule has 0 bridgehead atoms. The summed E-state index contributed by atoms with van der Waals surface area (Å²) in [7, 11) is -1.37. The molecule has 2 rings (SSSR count). The van der Waals surface area contributed by atoms with E-state index in [9.17, 15) is 13.8 Å². The minimum absolute atomic E-state index is 0.0855. The first kappa shape index (κ1) is 26.3. The van der Waals surface area contributed by atoms with Crippen molar-refractivity contribution in [2.75, 3.05) is 19.6 Å². The van der Waals surface area contributed by atoms with Crippen LogP contribution in [0.3, 0.4) is 0 Å². The fourth-order valence-electron chi connectivity index (χ4n) is 3.78. The van der Waals surface area contributed by atoms with Crippen LogP contribution in [0.15, 0.2) is 35.4 Å². The van der Waals surface area contributed by atoms with Crippen LogP contribution in [0.4, 0.5) is 0 Å². The molecule has 7 heteroatoms. The summed E-state index contributed by atoms with van der Waals surface area (Å²) in [5, 5.41) is 5.67. The smallest absolute Gasteiger partial charge is 0.224 e. The summed E-state index contributed by atoms with van der Waals surface area (Å²) in [6.45, 7) is 11.5. The molecule has 0 radical (unpaired) electrons. The number of amides is 2. The second-order valence-electron chi connectivity index (χ2n) is 7.61. The number of nitrogens with one attached hydrogen (secondary N) is 2. The summed E-state index contributed by atoms with van der Waals surface area (Å²) >= 11 is 0. The van der Waals surface area contributed by atoms with Crippen molar-refractivity contribution < 1.29 is 13.8 Å². The Morgan fingerprint density at radius 3 is 2.47 bits per heavy atom. The molecule has 1 aliphatic heterocycles. The molecule has 170 valence electrons. The zero-order chi connectivity index (χ0) is 22.4. The summed E-state index contributed by atoms with van der Waals surface area (Å²) in [6.07, 6.45) is 13.5. The summed E-state index contributed by atoms with van der Waals surface area (Å²) in [5.74, 6) is 0.570. The Labute approximate surface area is 184 Å². The first-order chi connectivity index (χ1) is 14.5. The minimum atomic E-state index is -1.37. The summed E-state index contributed by atoms with van der Waals surface area (Å²) < 4.78 is 14.8. The molecule has 0 aromatic heterocycles. The number of rotatable bonds is 9. The summed E-state index contributed by atoms with van der Waals surface area (Å²) in [5.41, 5.74) is 0.657. The van der Waals surface area contributed by atoms with Crippen LogP contribution in [-0.2, 0) is 20.6 Å². The van der Waals surface area contributed by atoms with Crippen LogP contribution in [0.5, 0.6) is 0 Å². The zero-order valence-electron chi connectivity index (χ0n) is 18.8. The minimum Gasteiger partial charge on any atom is -0.356 e. The van der Waals surface area contributed by atoms with Gasteiger partial charge in [0.15, 0.2) is 0 Å². The van der Waals surface area contributed by atoms with Crippen LogP contribution in [0.2, 0.25) is 0 Å². The largest absolute Gasteiger partial charge is 0.356 e. The van der Waals surface area contributed by atoms with Gasteiger partial charge < -0.3 is 10.6 Å². The lowest BCUT2D eigenvalue weighted by Gasteiger charge is -2.31. The van der Waals surface area contributed by atoms with Gasteiger partial charge in [0.05, 0.1) is 10.8 Å². The highest BCUT2D eigenvalue weighted by Gasteiger charge is 2.29. The van der Waals surface area contributed by atoms with Crippen molar-refractivity contribution in [2.24, 2.45) is 11.8 Å². The Morgan fingerprint density at radius 2 is 1.83 bits per heavy atom. The van der Waals surface area contributed by atoms with Gasteiger partial charge >= 0.3 is 0 Å². The maximum atomic E-state index is 12.9. The maximum absolute atomic E-state index is 12.9. The fraction of sp³-hybridized carbons (Fsp3) is 0.652. The third-order valence-corrected chi connectivity index (χ3v) is 6.97. The lowest BCUT2D eigenvalue weighted by Crippen LogP contribution is -2.44. The van der Waals surface area contributed by atoms with E-state index in [0.29, 0.717) is 36.0 Å². The van der Waals surface area contributed by atoms with Crippen molar-refractivity contribution in [1.82, 2.24) is 14.9 Å². The van der Waals surface area contributed by atoms with Gasteiger partial charge in [0.2, 0.25) is 12.3 Å². The number of carbonyl (C=O) groups excluding carboxylic acids is 2. The van der Waals surface area contributed by atoms with Gasteiger partial charge in [0, 0.05) is 25.3 Å². The van der Waals surface area contributed by atoms with Crippen LogP contribution in [0.1, 0.15) is 65.7 Å². The van der Waals surface area contributed by atoms with E-state index in [1.165, 1.54) is 32.1 Å². The highest BCUT2D eigenvalue weighted by Crippen LogP contribution is 2.24. The van der Waals surface area contributed by atoms with E-state index in [1.54, 1.807) is 25.2 Å². The molecule has 2 fully saturated rings. The highest BCUT2D eigenvalue weighted by atomic mass is 32.2. The Morgan fingerprint density at radius 1 is 1.13 bits per heavy atom. The molecule has 0 spiro atoms. The zero-order valence-corrected chi connectivity index (χ0v) is 19.6. The standard InChI is InChI=1S/C21H33N3O3S.C2H6/c1-3-20(12-11-17(2)23-16-25)28(27)24-13-7-10-19(15-24)21(26)22-14-18-8-5-4-6-9-18;1-2/h3,11-12,16,18-19H,1,4-10,13-15H2,2H3,(H,22,26)(H,23,25);1-2H3/b17-11+,20-12+;. The lowest BCUT2D eigenvalue weighted by molar-refractivity contribution is -0.126. The third kappa shape index (κ3) is 8.96. The SMILES string of the molecule is C=C/C(=C\C=C(/C)NC=O)S(=O)N1CCCC(C(=O)NCC2CCCCC2)C1.CC. The predicted octanol–water partition coefficient (Wildman–Crippen LogP) is 3.80. The molecule has 1 saturated heterocycles. The van der Waals surface area contributed by atoms with Gasteiger partial charge in [-0.3, -0.25) is 9.59 Å². The average molecular weight is 438 g/mol. The van der Waals surface area contributed by atoms with E-state index in [2.05, 4.69) is 17.2 Å². The van der Waals surface area contributed by atoms with Crippen molar-refractivity contribution in [3.63, 3.8) is 0 Å². The summed E-state index contributed by atoms with van der Waals surface area (Å²) in [4.78, 5) is 23.6. The molecule has 1 aliphatic carbocycles. The molecule has 6 nitrogen and oxygen atoms in total. The van der Waals surface area contributed by atoms with Gasteiger partial charge in [0.1, 0.15) is 11.0 Å². The molecule has 0 aromatic carbocycles. The Balaban J connectivity index is 0.00000218. The second kappa shape index (κ2) is 15.1. The molecule has 0 aromatic rings. The molecule has 30 heavy (non-hydrogen) atoms. The van der Waals surface area contributed by atoms with Gasteiger partial charge in [-0.2, -0.15) is 0 Å². The van der Waals surface area contributed by atoms with E-state index < -0.39 is 11.0 Å².